The average molecular weight is 275 g/mol. The van der Waals surface area contributed by atoms with Gasteiger partial charge in [0, 0.05) is 7.11 Å². The molecule has 0 bridgehead atoms. The summed E-state index contributed by atoms with van der Waals surface area (Å²) in [7, 11) is 1.72. The van der Waals surface area contributed by atoms with E-state index in [0.717, 1.165) is 18.4 Å². The van der Waals surface area contributed by atoms with Crippen LogP contribution in [0.5, 0.6) is 0 Å². The van der Waals surface area contributed by atoms with Crippen molar-refractivity contribution in [1.82, 2.24) is 0 Å². The molecule has 1 aromatic rings. The Morgan fingerprint density at radius 2 is 1.88 bits per heavy atom. The largest absolute Gasteiger partial charge is 0.385 e. The molecule has 1 N–H and O–H groups in total. The van der Waals surface area contributed by atoms with Crippen molar-refractivity contribution in [2.75, 3.05) is 7.11 Å². The molecule has 1 aliphatic rings. The number of rotatable bonds is 2. The third-order valence-electron chi connectivity index (χ3n) is 3.55. The third-order valence-corrected chi connectivity index (χ3v) is 4.29. The smallest absolute Gasteiger partial charge is 0.0899 e. The molecule has 1 saturated carbocycles. The molecule has 0 aromatic heterocycles. The molecule has 0 atom stereocenters. The number of methoxy groups -OCH3 is 1. The van der Waals surface area contributed by atoms with Gasteiger partial charge in [0.15, 0.2) is 0 Å². The van der Waals surface area contributed by atoms with Gasteiger partial charge in [-0.3, -0.25) is 0 Å². The highest BCUT2D eigenvalue weighted by Gasteiger charge is 2.35. The number of ether oxygens (including phenoxy) is 1. The van der Waals surface area contributed by atoms with Gasteiger partial charge in [-0.15, -0.1) is 0 Å². The summed E-state index contributed by atoms with van der Waals surface area (Å²) >= 11 is 11.9. The zero-order valence-corrected chi connectivity index (χ0v) is 11.3. The lowest BCUT2D eigenvalue weighted by atomic mass is 9.78. The summed E-state index contributed by atoms with van der Waals surface area (Å²) in [6, 6.07) is 5.35. The van der Waals surface area contributed by atoms with Crippen LogP contribution in [0.4, 0.5) is 0 Å². The molecule has 0 unspecified atom stereocenters. The lowest BCUT2D eigenvalue weighted by Gasteiger charge is -2.36. The van der Waals surface area contributed by atoms with Crippen LogP contribution < -0.4 is 0 Å². The molecule has 0 spiro atoms. The second-order valence-corrected chi connectivity index (χ2v) is 5.41. The molecule has 17 heavy (non-hydrogen) atoms. The molecule has 0 aliphatic heterocycles. The summed E-state index contributed by atoms with van der Waals surface area (Å²) in [5.41, 5.74) is 0.0601. The highest BCUT2D eigenvalue weighted by Crippen LogP contribution is 2.39. The van der Waals surface area contributed by atoms with E-state index < -0.39 is 5.60 Å². The Hall–Kier alpha value is -0.280. The van der Waals surface area contributed by atoms with Crippen LogP contribution in [0.1, 0.15) is 31.2 Å². The van der Waals surface area contributed by atoms with Crippen molar-refractivity contribution in [3.63, 3.8) is 0 Å². The van der Waals surface area contributed by atoms with Crippen molar-refractivity contribution < 1.29 is 9.84 Å². The van der Waals surface area contributed by atoms with Crippen molar-refractivity contribution in [1.29, 1.82) is 0 Å². The molecule has 4 heteroatoms. The van der Waals surface area contributed by atoms with E-state index in [1.54, 1.807) is 19.2 Å². The van der Waals surface area contributed by atoms with E-state index in [1.807, 2.05) is 6.07 Å². The van der Waals surface area contributed by atoms with Gasteiger partial charge in [0.1, 0.15) is 0 Å². The van der Waals surface area contributed by atoms with Crippen LogP contribution in [0.25, 0.3) is 0 Å². The Labute approximate surface area is 111 Å². The van der Waals surface area contributed by atoms with Crippen molar-refractivity contribution >= 4 is 23.2 Å². The molecule has 94 valence electrons. The molecule has 1 aliphatic carbocycles. The highest BCUT2D eigenvalue weighted by atomic mass is 35.5. The zero-order chi connectivity index (χ0) is 12.5. The normalized spacial score (nSPS) is 29.3. The Kier molecular flexibility index (Phi) is 3.99. The first-order valence-corrected chi connectivity index (χ1v) is 6.51. The van der Waals surface area contributed by atoms with Gasteiger partial charge < -0.3 is 9.84 Å². The minimum atomic E-state index is -0.788. The van der Waals surface area contributed by atoms with Crippen molar-refractivity contribution in [2.24, 2.45) is 0 Å². The minimum Gasteiger partial charge on any atom is -0.385 e. The summed E-state index contributed by atoms with van der Waals surface area (Å²) in [6.45, 7) is 0. The number of hydrogen-bond acceptors (Lipinski definition) is 2. The van der Waals surface area contributed by atoms with Crippen molar-refractivity contribution in [2.45, 2.75) is 37.4 Å². The zero-order valence-electron chi connectivity index (χ0n) is 9.75. The molecule has 2 rings (SSSR count). The maximum absolute atomic E-state index is 10.6. The Morgan fingerprint density at radius 3 is 2.41 bits per heavy atom. The van der Waals surface area contributed by atoms with E-state index in [-0.39, 0.29) is 6.10 Å². The molecule has 0 saturated heterocycles. The van der Waals surface area contributed by atoms with Crippen LogP contribution in [0.2, 0.25) is 10.0 Å². The van der Waals surface area contributed by atoms with Gasteiger partial charge in [0.2, 0.25) is 0 Å². The van der Waals surface area contributed by atoms with E-state index >= 15 is 0 Å². The molecule has 1 fully saturated rings. The quantitative estimate of drug-likeness (QED) is 0.890. The van der Waals surface area contributed by atoms with Gasteiger partial charge in [0.25, 0.3) is 0 Å². The second-order valence-electron chi connectivity index (χ2n) is 4.60. The second kappa shape index (κ2) is 5.15. The lowest BCUT2D eigenvalue weighted by Crippen LogP contribution is -2.33. The van der Waals surface area contributed by atoms with E-state index in [9.17, 15) is 5.11 Å². The fraction of sp³-hybridized carbons (Fsp3) is 0.538. The summed E-state index contributed by atoms with van der Waals surface area (Å²) < 4.78 is 5.30. The lowest BCUT2D eigenvalue weighted by molar-refractivity contribution is -0.0474. The van der Waals surface area contributed by atoms with Gasteiger partial charge in [-0.1, -0.05) is 29.3 Å². The molecular formula is C13H16Cl2O2. The summed E-state index contributed by atoms with van der Waals surface area (Å²) in [5, 5.41) is 11.6. The minimum absolute atomic E-state index is 0.262. The van der Waals surface area contributed by atoms with Crippen LogP contribution in [0.3, 0.4) is 0 Å². The molecule has 0 heterocycles. The summed E-state index contributed by atoms with van der Waals surface area (Å²) in [6.07, 6.45) is 3.39. The first kappa shape index (κ1) is 13.2. The van der Waals surface area contributed by atoms with Crippen molar-refractivity contribution in [3.05, 3.63) is 33.8 Å². The maximum Gasteiger partial charge on any atom is 0.0899 e. The van der Waals surface area contributed by atoms with Gasteiger partial charge in [-0.2, -0.15) is 0 Å². The monoisotopic (exact) mass is 274 g/mol. The van der Waals surface area contributed by atoms with Gasteiger partial charge in [-0.25, -0.2) is 0 Å². The number of halogens is 2. The Morgan fingerprint density at radius 1 is 1.24 bits per heavy atom. The fourth-order valence-electron chi connectivity index (χ4n) is 2.38. The average Bonchev–Trinajstić information content (AvgIpc) is 2.33. The predicted octanol–water partition coefficient (Wildman–Crippen LogP) is 3.77. The first-order chi connectivity index (χ1) is 8.05. The van der Waals surface area contributed by atoms with Crippen LogP contribution in [-0.4, -0.2) is 18.3 Å². The molecule has 0 radical (unpaired) electrons. The molecule has 0 amide bonds. The molecule has 1 aromatic carbocycles. The standard InChI is InChI=1S/C13H16Cl2O2/c1-17-10-4-6-13(16,7-5-10)9-2-3-11(14)12(15)8-9/h2-3,8,10,16H,4-7H2,1H3. The van der Waals surface area contributed by atoms with E-state index in [1.165, 1.54) is 0 Å². The van der Waals surface area contributed by atoms with E-state index in [0.29, 0.717) is 22.9 Å². The van der Waals surface area contributed by atoms with Gasteiger partial charge in [0.05, 0.1) is 21.8 Å². The topological polar surface area (TPSA) is 29.5 Å². The molecular weight excluding hydrogens is 259 g/mol. The SMILES string of the molecule is COC1CCC(O)(c2ccc(Cl)c(Cl)c2)CC1. The Bertz CT molecular complexity index is 398. The van der Waals surface area contributed by atoms with Crippen LogP contribution in [0.15, 0.2) is 18.2 Å². The van der Waals surface area contributed by atoms with Crippen molar-refractivity contribution in [3.8, 4) is 0 Å². The number of benzene rings is 1. The number of aliphatic hydroxyl groups is 1. The van der Waals surface area contributed by atoms with Crippen LogP contribution >= 0.6 is 23.2 Å². The van der Waals surface area contributed by atoms with E-state index in [2.05, 4.69) is 0 Å². The summed E-state index contributed by atoms with van der Waals surface area (Å²) in [5.74, 6) is 0. The van der Waals surface area contributed by atoms with E-state index in [4.69, 9.17) is 27.9 Å². The Balaban J connectivity index is 2.18. The van der Waals surface area contributed by atoms with Gasteiger partial charge in [-0.05, 0) is 43.4 Å². The molecule has 2 nitrogen and oxygen atoms in total. The fourth-order valence-corrected chi connectivity index (χ4v) is 2.68. The van der Waals surface area contributed by atoms with Gasteiger partial charge >= 0.3 is 0 Å². The summed E-state index contributed by atoms with van der Waals surface area (Å²) in [4.78, 5) is 0. The maximum atomic E-state index is 10.6. The van der Waals surface area contributed by atoms with Crippen LogP contribution in [0, 0.1) is 0 Å². The highest BCUT2D eigenvalue weighted by molar-refractivity contribution is 6.42. The first-order valence-electron chi connectivity index (χ1n) is 5.76. The predicted molar refractivity (Wildman–Crippen MR) is 69.6 cm³/mol. The number of hydrogen-bond donors (Lipinski definition) is 1. The third kappa shape index (κ3) is 2.76. The van der Waals surface area contributed by atoms with Crippen LogP contribution in [-0.2, 0) is 10.3 Å².